The van der Waals surface area contributed by atoms with Crippen LogP contribution in [0.2, 0.25) is 0 Å². The van der Waals surface area contributed by atoms with Gasteiger partial charge in [0, 0.05) is 18.6 Å². The van der Waals surface area contributed by atoms with Gasteiger partial charge in [-0.2, -0.15) is 0 Å². The van der Waals surface area contributed by atoms with E-state index >= 15 is 0 Å². The lowest BCUT2D eigenvalue weighted by atomic mass is 9.84. The van der Waals surface area contributed by atoms with Crippen molar-refractivity contribution in [1.82, 2.24) is 0 Å². The van der Waals surface area contributed by atoms with Gasteiger partial charge in [0.05, 0.1) is 30.4 Å². The Bertz CT molecular complexity index is 622. The second-order valence-corrected chi connectivity index (χ2v) is 8.26. The van der Waals surface area contributed by atoms with Gasteiger partial charge < -0.3 is 62.9 Å². The van der Waals surface area contributed by atoms with Gasteiger partial charge in [-0.1, -0.05) is 12.2 Å². The molecule has 13 N–H and O–H groups in total. The minimum Gasteiger partial charge on any atom is -0.389 e. The highest BCUT2D eigenvalue weighted by Crippen LogP contribution is 2.30. The van der Waals surface area contributed by atoms with Crippen LogP contribution in [0.4, 0.5) is 0 Å². The van der Waals surface area contributed by atoms with Crippen molar-refractivity contribution in [3.8, 4) is 0 Å². The first-order valence-electron chi connectivity index (χ1n) is 10.2. The molecular weight excluding hydrogens is 575 g/mol. The van der Waals surface area contributed by atoms with Crippen molar-refractivity contribution in [2.24, 2.45) is 28.7 Å². The van der Waals surface area contributed by atoms with E-state index < -0.39 is 73.4 Å². The van der Waals surface area contributed by atoms with Crippen LogP contribution >= 0.6 is 62.0 Å². The summed E-state index contributed by atoms with van der Waals surface area (Å²) in [7, 11) is 0. The number of halogens is 5. The molecule has 0 aromatic rings. The monoisotopic (exact) mass is 613 g/mol. The van der Waals surface area contributed by atoms with E-state index in [1.54, 1.807) is 19.1 Å². The quantitative estimate of drug-likeness (QED) is 0.152. The van der Waals surface area contributed by atoms with Gasteiger partial charge in [-0.15, -0.1) is 62.0 Å². The molecule has 0 amide bonds. The van der Waals surface area contributed by atoms with Crippen molar-refractivity contribution in [2.75, 3.05) is 6.54 Å². The van der Waals surface area contributed by atoms with E-state index in [2.05, 4.69) is 0 Å². The summed E-state index contributed by atoms with van der Waals surface area (Å²) in [5.41, 5.74) is 29.8. The molecule has 2 fully saturated rings. The molecule has 17 heteroatoms. The molecule has 0 aromatic carbocycles. The van der Waals surface area contributed by atoms with E-state index in [1.807, 2.05) is 0 Å². The fraction of sp³-hybridized carbons (Fsp3) is 0.889. The fourth-order valence-corrected chi connectivity index (χ4v) is 3.99. The molecule has 13 atom stereocenters. The molecule has 3 rings (SSSR count). The number of hydrogen-bond donors (Lipinski definition) is 8. The second-order valence-electron chi connectivity index (χ2n) is 8.26. The zero-order valence-electron chi connectivity index (χ0n) is 19.0. The average Bonchev–Trinajstić information content (AvgIpc) is 2.72. The SMILES string of the molecule is C[C@H]1O[C@@H](O[C@@H]2[C@@H](O)[C@H](N)C[C@H](N)[C@H]2O[C@H]2O[C@H](CN)C=C[C@H]2N)[C@H](O)[C@@H](O)[C@@H]1N.Cl.Cl.Cl.Cl.Cl. The maximum Gasteiger partial charge on any atom is 0.187 e. The van der Waals surface area contributed by atoms with E-state index in [0.29, 0.717) is 0 Å². The highest BCUT2D eigenvalue weighted by molar-refractivity contribution is 5.86. The van der Waals surface area contributed by atoms with Gasteiger partial charge >= 0.3 is 0 Å². The molecule has 12 nitrogen and oxygen atoms in total. The maximum atomic E-state index is 10.7. The van der Waals surface area contributed by atoms with Gasteiger partial charge in [-0.05, 0) is 13.3 Å². The summed E-state index contributed by atoms with van der Waals surface area (Å²) >= 11 is 0. The van der Waals surface area contributed by atoms with Crippen molar-refractivity contribution in [3.05, 3.63) is 12.2 Å². The van der Waals surface area contributed by atoms with Gasteiger partial charge in [-0.3, -0.25) is 0 Å². The standard InChI is InChI=1S/C18H35N5O7.5ClH/c1-6-11(23)13(25)14(26)18(27-6)30-16-12(24)9(21)4-10(22)15(16)29-17-8(20)3-2-7(5-19)28-17;;;;;/h2-3,6-18,24-26H,4-5,19-23H2,1H3;5*1H/t6-,7+,8-,9-,10+,11-,12+,13+,14-,15-,16-,17-,18+;;;;;/m1...../s1. The van der Waals surface area contributed by atoms with Crippen LogP contribution in [0.5, 0.6) is 0 Å². The minimum atomic E-state index is -1.43. The van der Waals surface area contributed by atoms with Crippen LogP contribution in [0.3, 0.4) is 0 Å². The van der Waals surface area contributed by atoms with Crippen molar-refractivity contribution in [1.29, 1.82) is 0 Å². The molecule has 0 aromatic heterocycles. The van der Waals surface area contributed by atoms with Crippen LogP contribution in [0.15, 0.2) is 12.2 Å². The highest BCUT2D eigenvalue weighted by Gasteiger charge is 2.49. The van der Waals surface area contributed by atoms with E-state index in [9.17, 15) is 15.3 Å². The summed E-state index contributed by atoms with van der Waals surface area (Å²) in [6.45, 7) is 1.89. The number of ether oxygens (including phenoxy) is 4. The molecule has 0 bridgehead atoms. The molecule has 1 aliphatic carbocycles. The third-order valence-electron chi connectivity index (χ3n) is 5.97. The molecular formula is C18H40Cl5N5O7. The second kappa shape index (κ2) is 17.3. The molecule has 0 unspecified atom stereocenters. The van der Waals surface area contributed by atoms with Crippen molar-refractivity contribution >= 4 is 62.0 Å². The average molecular weight is 616 g/mol. The van der Waals surface area contributed by atoms with Crippen LogP contribution in [0, 0.1) is 0 Å². The van der Waals surface area contributed by atoms with Crippen LogP contribution in [0.25, 0.3) is 0 Å². The summed E-state index contributed by atoms with van der Waals surface area (Å²) in [6, 6.07) is -2.67. The molecule has 3 aliphatic rings. The molecule has 2 aliphatic heterocycles. The Morgan fingerprint density at radius 3 is 1.91 bits per heavy atom. The van der Waals surface area contributed by atoms with Gasteiger partial charge in [-0.25, -0.2) is 0 Å². The van der Waals surface area contributed by atoms with Crippen LogP contribution < -0.4 is 28.7 Å². The molecule has 0 spiro atoms. The van der Waals surface area contributed by atoms with Crippen LogP contribution in [-0.2, 0) is 18.9 Å². The van der Waals surface area contributed by atoms with E-state index in [1.165, 1.54) is 0 Å². The number of nitrogens with two attached hydrogens (primary N) is 5. The van der Waals surface area contributed by atoms with Crippen LogP contribution in [-0.4, -0.2) is 101 Å². The van der Waals surface area contributed by atoms with Crippen molar-refractivity contribution in [2.45, 2.75) is 92.8 Å². The predicted octanol–water partition coefficient (Wildman–Crippen LogP) is -2.35. The first-order chi connectivity index (χ1) is 14.1. The van der Waals surface area contributed by atoms with Crippen molar-refractivity contribution in [3.63, 3.8) is 0 Å². The zero-order chi connectivity index (χ0) is 22.2. The molecule has 214 valence electrons. The van der Waals surface area contributed by atoms with Gasteiger partial charge in [0.25, 0.3) is 0 Å². The fourth-order valence-electron chi connectivity index (χ4n) is 3.99. The molecule has 35 heavy (non-hydrogen) atoms. The summed E-state index contributed by atoms with van der Waals surface area (Å²) in [5, 5.41) is 31.2. The lowest BCUT2D eigenvalue weighted by Gasteiger charge is -2.47. The van der Waals surface area contributed by atoms with Crippen LogP contribution in [0.1, 0.15) is 13.3 Å². The Morgan fingerprint density at radius 2 is 1.34 bits per heavy atom. The van der Waals surface area contributed by atoms with E-state index in [-0.39, 0.29) is 81.1 Å². The summed E-state index contributed by atoms with van der Waals surface area (Å²) in [6.07, 6.45) is -5.19. The summed E-state index contributed by atoms with van der Waals surface area (Å²) in [5.74, 6) is 0. The normalized spacial score (nSPS) is 44.9. The van der Waals surface area contributed by atoms with Crippen molar-refractivity contribution < 1.29 is 34.3 Å². The molecule has 2 heterocycles. The maximum absolute atomic E-state index is 10.7. The van der Waals surface area contributed by atoms with E-state index in [4.69, 9.17) is 47.6 Å². The smallest absolute Gasteiger partial charge is 0.187 e. The predicted molar refractivity (Wildman–Crippen MR) is 142 cm³/mol. The lowest BCUT2D eigenvalue weighted by molar-refractivity contribution is -0.318. The number of aliphatic hydroxyl groups is 3. The summed E-state index contributed by atoms with van der Waals surface area (Å²) in [4.78, 5) is 0. The molecule has 1 saturated carbocycles. The first kappa shape index (κ1) is 40.2. The Labute approximate surface area is 236 Å². The van der Waals surface area contributed by atoms with Gasteiger partial charge in [0.15, 0.2) is 12.6 Å². The number of aliphatic hydroxyl groups excluding tert-OH is 3. The number of hydrogen-bond acceptors (Lipinski definition) is 12. The number of rotatable bonds is 5. The third-order valence-corrected chi connectivity index (χ3v) is 5.97. The topological polar surface area (TPSA) is 228 Å². The Kier molecular flexibility index (Phi) is 19.9. The molecule has 1 saturated heterocycles. The first-order valence-corrected chi connectivity index (χ1v) is 10.2. The van der Waals surface area contributed by atoms with E-state index in [0.717, 1.165) is 0 Å². The van der Waals surface area contributed by atoms with Gasteiger partial charge in [0.1, 0.15) is 24.4 Å². The third kappa shape index (κ3) is 9.15. The Hall–Kier alpha value is 0.710. The minimum absolute atomic E-state index is 0. The zero-order valence-corrected chi connectivity index (χ0v) is 23.1. The van der Waals surface area contributed by atoms with Gasteiger partial charge in [0.2, 0.25) is 0 Å². The highest BCUT2D eigenvalue weighted by atomic mass is 35.5. The summed E-state index contributed by atoms with van der Waals surface area (Å²) < 4.78 is 23.3. The Balaban J connectivity index is -0.00000205. The molecule has 0 radical (unpaired) electrons. The lowest BCUT2D eigenvalue weighted by Crippen LogP contribution is -2.67. The Morgan fingerprint density at radius 1 is 0.771 bits per heavy atom. The largest absolute Gasteiger partial charge is 0.389 e.